The van der Waals surface area contributed by atoms with Gasteiger partial charge in [0.2, 0.25) is 11.7 Å². The van der Waals surface area contributed by atoms with Crippen LogP contribution in [0.15, 0.2) is 71.8 Å². The van der Waals surface area contributed by atoms with Gasteiger partial charge in [-0.1, -0.05) is 29.4 Å². The quantitative estimate of drug-likeness (QED) is 0.522. The molecular weight excluding hydrogens is 370 g/mol. The van der Waals surface area contributed by atoms with Crippen molar-refractivity contribution in [3.63, 3.8) is 0 Å². The maximum Gasteiger partial charge on any atom is 0.251 e. The molecule has 0 unspecified atom stereocenters. The average molecular weight is 389 g/mol. The molecule has 0 aliphatic heterocycles. The summed E-state index contributed by atoms with van der Waals surface area (Å²) in [5.74, 6) is 1.27. The molecule has 4 aromatic rings. The fourth-order valence-corrected chi connectivity index (χ4v) is 2.82. The van der Waals surface area contributed by atoms with Crippen LogP contribution in [0, 0.1) is 0 Å². The molecule has 0 spiro atoms. The van der Waals surface area contributed by atoms with Crippen LogP contribution in [0.25, 0.3) is 11.4 Å². The van der Waals surface area contributed by atoms with Crippen molar-refractivity contribution < 1.29 is 14.1 Å². The molecular formula is C21H19N5O3. The summed E-state index contributed by atoms with van der Waals surface area (Å²) in [6, 6.07) is 14.8. The van der Waals surface area contributed by atoms with E-state index in [1.165, 1.54) is 0 Å². The number of imidazole rings is 1. The van der Waals surface area contributed by atoms with Gasteiger partial charge in [-0.15, -0.1) is 0 Å². The minimum absolute atomic E-state index is 0.145. The molecule has 146 valence electrons. The molecule has 0 aliphatic rings. The van der Waals surface area contributed by atoms with Crippen molar-refractivity contribution in [3.8, 4) is 17.1 Å². The molecule has 2 heterocycles. The van der Waals surface area contributed by atoms with Gasteiger partial charge in [-0.25, -0.2) is 4.98 Å². The Bertz CT molecular complexity index is 1090. The highest BCUT2D eigenvalue weighted by Gasteiger charge is 2.11. The molecule has 0 fully saturated rings. The number of carbonyl (C=O) groups excluding carboxylic acids is 1. The molecule has 0 saturated heterocycles. The van der Waals surface area contributed by atoms with Crippen LogP contribution >= 0.6 is 0 Å². The summed E-state index contributed by atoms with van der Waals surface area (Å²) in [6.45, 7) is 0.851. The lowest BCUT2D eigenvalue weighted by molar-refractivity contribution is 0.0946. The van der Waals surface area contributed by atoms with E-state index in [1.807, 2.05) is 47.2 Å². The van der Waals surface area contributed by atoms with Crippen molar-refractivity contribution in [2.45, 2.75) is 13.1 Å². The van der Waals surface area contributed by atoms with Gasteiger partial charge in [-0.2, -0.15) is 4.98 Å². The number of ether oxygens (including phenoxy) is 1. The molecule has 1 amide bonds. The smallest absolute Gasteiger partial charge is 0.251 e. The number of aromatic nitrogens is 4. The molecule has 0 radical (unpaired) electrons. The van der Waals surface area contributed by atoms with Gasteiger partial charge in [-0.3, -0.25) is 4.79 Å². The van der Waals surface area contributed by atoms with E-state index in [0.717, 1.165) is 11.1 Å². The van der Waals surface area contributed by atoms with Gasteiger partial charge in [0, 0.05) is 30.1 Å². The van der Waals surface area contributed by atoms with Crippen LogP contribution in [0.1, 0.15) is 21.8 Å². The molecule has 0 bridgehead atoms. The van der Waals surface area contributed by atoms with Crippen LogP contribution in [-0.4, -0.2) is 32.7 Å². The summed E-state index contributed by atoms with van der Waals surface area (Å²) < 4.78 is 12.4. The van der Waals surface area contributed by atoms with E-state index in [-0.39, 0.29) is 12.5 Å². The number of rotatable bonds is 7. The van der Waals surface area contributed by atoms with Gasteiger partial charge in [0.25, 0.3) is 5.91 Å². The number of amides is 1. The molecule has 1 N–H and O–H groups in total. The van der Waals surface area contributed by atoms with Crippen LogP contribution in [-0.2, 0) is 13.1 Å². The molecule has 8 heteroatoms. The van der Waals surface area contributed by atoms with Crippen molar-refractivity contribution in [3.05, 3.63) is 84.3 Å². The molecule has 4 rings (SSSR count). The second-order valence-electron chi connectivity index (χ2n) is 6.36. The first-order valence-electron chi connectivity index (χ1n) is 9.01. The molecule has 29 heavy (non-hydrogen) atoms. The Morgan fingerprint density at radius 2 is 2.07 bits per heavy atom. The summed E-state index contributed by atoms with van der Waals surface area (Å²) in [5, 5.41) is 6.75. The topological polar surface area (TPSA) is 95.1 Å². The van der Waals surface area contributed by atoms with Gasteiger partial charge in [0.15, 0.2) is 0 Å². The van der Waals surface area contributed by atoms with Crippen molar-refractivity contribution in [1.82, 2.24) is 25.0 Å². The molecule has 0 atom stereocenters. The first-order valence-corrected chi connectivity index (χ1v) is 9.01. The van der Waals surface area contributed by atoms with Gasteiger partial charge in [0.1, 0.15) is 5.75 Å². The minimum atomic E-state index is -0.208. The van der Waals surface area contributed by atoms with Crippen LogP contribution in [0.2, 0.25) is 0 Å². The molecule has 0 saturated carbocycles. The summed E-state index contributed by atoms with van der Waals surface area (Å²) >= 11 is 0. The second-order valence-corrected chi connectivity index (χ2v) is 6.36. The highest BCUT2D eigenvalue weighted by Crippen LogP contribution is 2.21. The fourth-order valence-electron chi connectivity index (χ4n) is 2.82. The molecule has 2 aromatic heterocycles. The third kappa shape index (κ3) is 4.49. The second kappa shape index (κ2) is 8.39. The largest absolute Gasteiger partial charge is 0.497 e. The highest BCUT2D eigenvalue weighted by molar-refractivity contribution is 5.94. The molecule has 8 nitrogen and oxygen atoms in total. The van der Waals surface area contributed by atoms with Crippen LogP contribution in [0.4, 0.5) is 0 Å². The first kappa shape index (κ1) is 18.4. The maximum absolute atomic E-state index is 12.4. The maximum atomic E-state index is 12.4. The Kier molecular flexibility index (Phi) is 5.33. The van der Waals surface area contributed by atoms with E-state index < -0.39 is 0 Å². The SMILES string of the molecule is COc1cccc(-c2noc(CNC(=O)c3ccc(Cn4ccnc4)cc3)n2)c1. The molecule has 0 aliphatic carbocycles. The third-order valence-electron chi connectivity index (χ3n) is 4.34. The number of methoxy groups -OCH3 is 1. The van der Waals surface area contributed by atoms with Gasteiger partial charge in [0.05, 0.1) is 20.0 Å². The van der Waals surface area contributed by atoms with Crippen molar-refractivity contribution in [2.24, 2.45) is 0 Å². The zero-order valence-corrected chi connectivity index (χ0v) is 15.8. The van der Waals surface area contributed by atoms with Crippen molar-refractivity contribution >= 4 is 5.91 Å². The lowest BCUT2D eigenvalue weighted by Crippen LogP contribution is -2.22. The van der Waals surface area contributed by atoms with Gasteiger partial charge < -0.3 is 19.1 Å². The van der Waals surface area contributed by atoms with E-state index in [9.17, 15) is 4.79 Å². The third-order valence-corrected chi connectivity index (χ3v) is 4.34. The summed E-state index contributed by atoms with van der Waals surface area (Å²) in [4.78, 5) is 20.7. The highest BCUT2D eigenvalue weighted by atomic mass is 16.5. The summed E-state index contributed by atoms with van der Waals surface area (Å²) in [5.41, 5.74) is 2.42. The zero-order valence-electron chi connectivity index (χ0n) is 15.8. The minimum Gasteiger partial charge on any atom is -0.497 e. The summed E-state index contributed by atoms with van der Waals surface area (Å²) in [7, 11) is 1.60. The Hall–Kier alpha value is -3.94. The number of carbonyl (C=O) groups is 1. The fraction of sp³-hybridized carbons (Fsp3) is 0.143. The number of nitrogens with zero attached hydrogens (tertiary/aromatic N) is 4. The van der Waals surface area contributed by atoms with E-state index in [4.69, 9.17) is 9.26 Å². The Morgan fingerprint density at radius 3 is 2.83 bits per heavy atom. The normalized spacial score (nSPS) is 10.7. The van der Waals surface area contributed by atoms with Crippen molar-refractivity contribution in [1.29, 1.82) is 0 Å². The summed E-state index contributed by atoms with van der Waals surface area (Å²) in [6.07, 6.45) is 5.38. The zero-order chi connectivity index (χ0) is 20.1. The first-order chi connectivity index (χ1) is 14.2. The van der Waals surface area contributed by atoms with Gasteiger partial charge in [-0.05, 0) is 29.8 Å². The molecule has 2 aromatic carbocycles. The van der Waals surface area contributed by atoms with Crippen LogP contribution in [0.3, 0.4) is 0 Å². The Morgan fingerprint density at radius 1 is 1.21 bits per heavy atom. The monoisotopic (exact) mass is 389 g/mol. The van der Waals surface area contributed by atoms with E-state index in [2.05, 4.69) is 20.4 Å². The number of benzene rings is 2. The van der Waals surface area contributed by atoms with Crippen LogP contribution in [0.5, 0.6) is 5.75 Å². The number of nitrogens with one attached hydrogen (secondary N) is 1. The van der Waals surface area contributed by atoms with Gasteiger partial charge >= 0.3 is 0 Å². The number of hydrogen-bond acceptors (Lipinski definition) is 6. The predicted molar refractivity (Wildman–Crippen MR) is 105 cm³/mol. The Labute approximate surface area is 167 Å². The van der Waals surface area contributed by atoms with Crippen molar-refractivity contribution in [2.75, 3.05) is 7.11 Å². The lowest BCUT2D eigenvalue weighted by atomic mass is 10.1. The van der Waals surface area contributed by atoms with Crippen LogP contribution < -0.4 is 10.1 Å². The van der Waals surface area contributed by atoms with E-state index in [1.54, 1.807) is 31.8 Å². The standard InChI is InChI=1S/C21H19N5O3/c1-28-18-4-2-3-17(11-18)20-24-19(29-25-20)12-23-21(27)16-7-5-15(6-8-16)13-26-10-9-22-14-26/h2-11,14H,12-13H2,1H3,(H,23,27). The number of hydrogen-bond donors (Lipinski definition) is 1. The van der Waals surface area contributed by atoms with E-state index >= 15 is 0 Å². The average Bonchev–Trinajstić information content (AvgIpc) is 3.45. The Balaban J connectivity index is 1.35. The van der Waals surface area contributed by atoms with E-state index in [0.29, 0.717) is 29.6 Å². The predicted octanol–water partition coefficient (Wildman–Crippen LogP) is 2.92. The lowest BCUT2D eigenvalue weighted by Gasteiger charge is -2.05.